The second-order valence-corrected chi connectivity index (χ2v) is 9.95. The molecule has 1 aliphatic heterocycles. The van der Waals surface area contributed by atoms with Gasteiger partial charge in [0.05, 0.1) is 56.2 Å². The summed E-state index contributed by atoms with van der Waals surface area (Å²) in [5.41, 5.74) is 2.00. The SMILES string of the molecule is COc1cc(OCc2nc(N3CCOCC3)sc2CO)c2cc(-c3cnc4sc(OC)nn34)oc2c1. The topological polar surface area (TPSA) is 117 Å². The Balaban J connectivity index is 1.32. The van der Waals surface area contributed by atoms with E-state index in [4.69, 9.17) is 28.3 Å². The van der Waals surface area contributed by atoms with Crippen molar-refractivity contribution >= 4 is 43.7 Å². The molecule has 4 aromatic heterocycles. The van der Waals surface area contributed by atoms with E-state index in [2.05, 4.69) is 15.0 Å². The van der Waals surface area contributed by atoms with E-state index in [-0.39, 0.29) is 13.2 Å². The average molecular weight is 530 g/mol. The number of morpholine rings is 1. The Morgan fingerprint density at radius 3 is 2.75 bits per heavy atom. The smallest absolute Gasteiger partial charge is 0.294 e. The molecular formula is C23H23N5O6S2. The largest absolute Gasteiger partial charge is 0.496 e. The van der Waals surface area contributed by atoms with Gasteiger partial charge in [-0.3, -0.25) is 0 Å². The van der Waals surface area contributed by atoms with Crippen molar-refractivity contribution in [3.05, 3.63) is 35.0 Å². The Bertz CT molecular complexity index is 1520. The second-order valence-electron chi connectivity index (χ2n) is 7.97. The van der Waals surface area contributed by atoms with Crippen molar-refractivity contribution in [3.63, 3.8) is 0 Å². The van der Waals surface area contributed by atoms with Gasteiger partial charge in [-0.2, -0.15) is 4.52 Å². The van der Waals surface area contributed by atoms with Crippen LogP contribution >= 0.6 is 22.7 Å². The fourth-order valence-electron chi connectivity index (χ4n) is 4.01. The molecule has 0 saturated carbocycles. The number of thiazole rings is 1. The number of methoxy groups -OCH3 is 2. The fourth-order valence-corrected chi connectivity index (χ4v) is 5.68. The summed E-state index contributed by atoms with van der Waals surface area (Å²) < 4.78 is 30.2. The van der Waals surface area contributed by atoms with Crippen LogP contribution in [0.25, 0.3) is 27.4 Å². The molecule has 11 nitrogen and oxygen atoms in total. The summed E-state index contributed by atoms with van der Waals surface area (Å²) in [5, 5.41) is 16.5. The number of nitrogens with zero attached hydrogens (tertiary/aromatic N) is 5. The lowest BCUT2D eigenvalue weighted by Crippen LogP contribution is -2.36. The number of hydrogen-bond acceptors (Lipinski definition) is 12. The van der Waals surface area contributed by atoms with Gasteiger partial charge in [0.25, 0.3) is 5.19 Å². The van der Waals surface area contributed by atoms with Gasteiger partial charge >= 0.3 is 0 Å². The molecule has 5 aromatic rings. The van der Waals surface area contributed by atoms with E-state index in [1.165, 1.54) is 22.7 Å². The van der Waals surface area contributed by atoms with Crippen molar-refractivity contribution < 1.29 is 28.5 Å². The molecule has 1 aromatic carbocycles. The summed E-state index contributed by atoms with van der Waals surface area (Å²) in [6, 6.07) is 5.52. The fraction of sp³-hybridized carbons (Fsp3) is 0.348. The monoisotopic (exact) mass is 529 g/mol. The second kappa shape index (κ2) is 9.58. The van der Waals surface area contributed by atoms with E-state index in [0.29, 0.717) is 57.6 Å². The van der Waals surface area contributed by atoms with Crippen molar-refractivity contribution in [2.24, 2.45) is 0 Å². The Hall–Kier alpha value is -3.39. The number of fused-ring (bicyclic) bond motifs is 2. The summed E-state index contributed by atoms with van der Waals surface area (Å²) in [5.74, 6) is 1.77. The number of aliphatic hydroxyl groups excluding tert-OH is 1. The van der Waals surface area contributed by atoms with Gasteiger partial charge < -0.3 is 33.4 Å². The maximum atomic E-state index is 9.91. The molecular weight excluding hydrogens is 506 g/mol. The predicted octanol–water partition coefficient (Wildman–Crippen LogP) is 3.59. The molecule has 0 radical (unpaired) electrons. The number of aliphatic hydroxyl groups is 1. The van der Waals surface area contributed by atoms with Crippen LogP contribution in [0.15, 0.2) is 28.8 Å². The minimum absolute atomic E-state index is 0.0988. The van der Waals surface area contributed by atoms with Crippen molar-refractivity contribution in [1.29, 1.82) is 0 Å². The summed E-state index contributed by atoms with van der Waals surface area (Å²) in [7, 11) is 3.17. The first kappa shape index (κ1) is 23.0. The van der Waals surface area contributed by atoms with E-state index in [9.17, 15) is 5.11 Å². The first-order valence-electron chi connectivity index (χ1n) is 11.2. The highest BCUT2D eigenvalue weighted by Crippen LogP contribution is 2.38. The van der Waals surface area contributed by atoms with Gasteiger partial charge in [0.2, 0.25) is 4.96 Å². The number of furan rings is 1. The minimum atomic E-state index is -0.0988. The number of aromatic nitrogens is 4. The third-order valence-electron chi connectivity index (χ3n) is 5.86. The van der Waals surface area contributed by atoms with Gasteiger partial charge in [-0.25, -0.2) is 9.97 Å². The van der Waals surface area contributed by atoms with E-state index in [1.54, 1.807) is 24.9 Å². The van der Waals surface area contributed by atoms with Crippen LogP contribution < -0.4 is 19.1 Å². The highest BCUT2D eigenvalue weighted by atomic mass is 32.1. The van der Waals surface area contributed by atoms with E-state index in [0.717, 1.165) is 28.5 Å². The molecule has 0 bridgehead atoms. The average Bonchev–Trinajstić information content (AvgIpc) is 3.69. The molecule has 0 amide bonds. The minimum Gasteiger partial charge on any atom is -0.496 e. The predicted molar refractivity (Wildman–Crippen MR) is 135 cm³/mol. The zero-order chi connectivity index (χ0) is 24.6. The molecule has 188 valence electrons. The highest BCUT2D eigenvalue weighted by molar-refractivity contribution is 7.18. The van der Waals surface area contributed by atoms with Gasteiger partial charge in [-0.15, -0.1) is 5.10 Å². The van der Waals surface area contributed by atoms with Gasteiger partial charge in [0.15, 0.2) is 10.9 Å². The lowest BCUT2D eigenvalue weighted by Gasteiger charge is -2.26. The van der Waals surface area contributed by atoms with E-state index < -0.39 is 0 Å². The molecule has 5 heterocycles. The van der Waals surface area contributed by atoms with Crippen LogP contribution in [0.4, 0.5) is 5.13 Å². The molecule has 0 aliphatic carbocycles. The number of imidazole rings is 1. The number of anilines is 1. The van der Waals surface area contributed by atoms with Gasteiger partial charge in [0.1, 0.15) is 29.4 Å². The van der Waals surface area contributed by atoms with Crippen LogP contribution in [0.3, 0.4) is 0 Å². The maximum absolute atomic E-state index is 9.91. The number of rotatable bonds is 8. The van der Waals surface area contributed by atoms with Crippen molar-refractivity contribution in [2.45, 2.75) is 13.2 Å². The first-order chi connectivity index (χ1) is 17.7. The number of hydrogen-bond donors (Lipinski definition) is 1. The maximum Gasteiger partial charge on any atom is 0.294 e. The Morgan fingerprint density at radius 1 is 1.11 bits per heavy atom. The van der Waals surface area contributed by atoms with Gasteiger partial charge in [-0.05, 0) is 17.4 Å². The molecule has 13 heteroatoms. The zero-order valence-electron chi connectivity index (χ0n) is 19.6. The quantitative estimate of drug-likeness (QED) is 0.320. The number of ether oxygens (including phenoxy) is 4. The summed E-state index contributed by atoms with van der Waals surface area (Å²) in [6.45, 7) is 2.99. The van der Waals surface area contributed by atoms with Crippen LogP contribution in [0, 0.1) is 0 Å². The van der Waals surface area contributed by atoms with E-state index >= 15 is 0 Å². The van der Waals surface area contributed by atoms with Crippen molar-refractivity contribution in [3.8, 4) is 28.1 Å². The third kappa shape index (κ3) is 4.13. The molecule has 6 rings (SSSR count). The third-order valence-corrected chi connectivity index (χ3v) is 7.89. The molecule has 0 unspecified atom stereocenters. The molecule has 1 saturated heterocycles. The standard InChI is InChI=1S/C23H23N5O6S2/c1-30-13-7-17(33-12-15-20(11-29)35-22(25-15)27-3-5-32-6-4-27)14-9-19(34-18(14)8-13)16-10-24-21-28(16)26-23(31-2)36-21/h7-10,29H,3-6,11-12H2,1-2H3. The Kier molecular flexibility index (Phi) is 6.13. The van der Waals surface area contributed by atoms with Crippen molar-refractivity contribution in [2.75, 3.05) is 45.4 Å². The molecule has 1 N–H and O–H groups in total. The Morgan fingerprint density at radius 2 is 1.97 bits per heavy atom. The van der Waals surface area contributed by atoms with Crippen LogP contribution in [0.1, 0.15) is 10.6 Å². The van der Waals surface area contributed by atoms with Gasteiger partial charge in [-0.1, -0.05) is 11.3 Å². The summed E-state index contributed by atoms with van der Waals surface area (Å²) in [4.78, 5) is 12.8. The Labute approximate surface area is 213 Å². The molecule has 1 fully saturated rings. The van der Waals surface area contributed by atoms with E-state index in [1.807, 2.05) is 18.2 Å². The highest BCUT2D eigenvalue weighted by Gasteiger charge is 2.21. The van der Waals surface area contributed by atoms with Crippen LogP contribution in [0.2, 0.25) is 0 Å². The van der Waals surface area contributed by atoms with Crippen molar-refractivity contribution in [1.82, 2.24) is 19.6 Å². The summed E-state index contributed by atoms with van der Waals surface area (Å²) in [6.07, 6.45) is 1.71. The number of benzene rings is 1. The normalized spacial score (nSPS) is 14.1. The molecule has 36 heavy (non-hydrogen) atoms. The zero-order valence-corrected chi connectivity index (χ0v) is 21.2. The van der Waals surface area contributed by atoms with Crippen LogP contribution in [-0.4, -0.2) is 65.2 Å². The summed E-state index contributed by atoms with van der Waals surface area (Å²) >= 11 is 2.83. The lowest BCUT2D eigenvalue weighted by atomic mass is 10.2. The van der Waals surface area contributed by atoms with Gasteiger partial charge in [0, 0.05) is 25.2 Å². The molecule has 0 spiro atoms. The molecule has 0 atom stereocenters. The van der Waals surface area contributed by atoms with Crippen LogP contribution in [-0.2, 0) is 18.0 Å². The molecule has 1 aliphatic rings. The first-order valence-corrected chi connectivity index (χ1v) is 12.9. The van der Waals surface area contributed by atoms with Crippen LogP contribution in [0.5, 0.6) is 16.7 Å². The lowest BCUT2D eigenvalue weighted by molar-refractivity contribution is 0.122.